The van der Waals surface area contributed by atoms with Crippen LogP contribution < -0.4 is 5.73 Å². The molecule has 3 nitrogen and oxygen atoms in total. The van der Waals surface area contributed by atoms with Crippen molar-refractivity contribution < 1.29 is 0 Å². The lowest BCUT2D eigenvalue weighted by molar-refractivity contribution is 0.749. The summed E-state index contributed by atoms with van der Waals surface area (Å²) in [6.45, 7) is 2.12. The fourth-order valence-electron chi connectivity index (χ4n) is 3.20. The van der Waals surface area contributed by atoms with Crippen LogP contribution in [0.5, 0.6) is 0 Å². The lowest BCUT2D eigenvalue weighted by Crippen LogP contribution is -2.03. The second-order valence-corrected chi connectivity index (χ2v) is 5.60. The number of nitrogens with zero attached hydrogens (tertiary/aromatic N) is 2. The van der Waals surface area contributed by atoms with Gasteiger partial charge in [0.05, 0.1) is 11.0 Å². The van der Waals surface area contributed by atoms with Crippen molar-refractivity contribution in [2.24, 2.45) is 0 Å². The predicted octanol–water partition coefficient (Wildman–Crippen LogP) is 3.66. The van der Waals surface area contributed by atoms with Gasteiger partial charge < -0.3 is 10.3 Å². The van der Waals surface area contributed by atoms with Gasteiger partial charge >= 0.3 is 0 Å². The fourth-order valence-corrected chi connectivity index (χ4v) is 3.20. The van der Waals surface area contributed by atoms with Gasteiger partial charge in [-0.2, -0.15) is 0 Å². The first-order valence-electron chi connectivity index (χ1n) is 7.03. The van der Waals surface area contributed by atoms with E-state index in [0.29, 0.717) is 17.9 Å². The summed E-state index contributed by atoms with van der Waals surface area (Å²) in [6, 6.07) is 17.3. The molecule has 1 aliphatic rings. The molecule has 4 rings (SSSR count). The Morgan fingerprint density at radius 1 is 1.10 bits per heavy atom. The minimum absolute atomic E-state index is 0.448. The Bertz CT molecular complexity index is 774. The summed E-state index contributed by atoms with van der Waals surface area (Å²) in [4.78, 5) is 4.50. The highest BCUT2D eigenvalue weighted by Crippen LogP contribution is 2.53. The van der Waals surface area contributed by atoms with Crippen LogP contribution in [0, 0.1) is 6.92 Å². The fraction of sp³-hybridized carbons (Fsp3) is 0.235. The van der Waals surface area contributed by atoms with Crippen molar-refractivity contribution in [1.82, 2.24) is 9.55 Å². The molecule has 1 aliphatic carbocycles. The maximum atomic E-state index is 6.16. The Hall–Kier alpha value is -2.29. The summed E-state index contributed by atoms with van der Waals surface area (Å²) < 4.78 is 2.22. The van der Waals surface area contributed by atoms with Crippen LogP contribution in [0.3, 0.4) is 0 Å². The summed E-state index contributed by atoms with van der Waals surface area (Å²) in [6.07, 6.45) is 1.15. The van der Waals surface area contributed by atoms with Crippen LogP contribution in [0.15, 0.2) is 48.5 Å². The zero-order valence-corrected chi connectivity index (χ0v) is 11.5. The molecule has 2 N–H and O–H groups in total. The number of aromatic nitrogens is 2. The molecule has 0 bridgehead atoms. The Morgan fingerprint density at radius 2 is 1.90 bits per heavy atom. The van der Waals surface area contributed by atoms with E-state index in [-0.39, 0.29) is 0 Å². The van der Waals surface area contributed by atoms with Crippen LogP contribution in [-0.2, 0) is 0 Å². The van der Waals surface area contributed by atoms with Gasteiger partial charge in [-0.25, -0.2) is 4.98 Å². The highest BCUT2D eigenvalue weighted by molar-refractivity contribution is 5.82. The van der Waals surface area contributed by atoms with Gasteiger partial charge in [0.2, 0.25) is 5.95 Å². The first-order chi connectivity index (χ1) is 9.75. The molecular weight excluding hydrogens is 246 g/mol. The first kappa shape index (κ1) is 11.5. The monoisotopic (exact) mass is 263 g/mol. The second kappa shape index (κ2) is 4.10. The van der Waals surface area contributed by atoms with Crippen LogP contribution in [-0.4, -0.2) is 9.55 Å². The normalized spacial score (nSPS) is 21.2. The van der Waals surface area contributed by atoms with Crippen molar-refractivity contribution in [3.05, 3.63) is 59.7 Å². The van der Waals surface area contributed by atoms with E-state index in [2.05, 4.69) is 52.9 Å². The number of para-hydroxylation sites is 1. The van der Waals surface area contributed by atoms with Crippen molar-refractivity contribution >= 4 is 17.0 Å². The van der Waals surface area contributed by atoms with Gasteiger partial charge in [0.25, 0.3) is 0 Å². The third-order valence-electron chi connectivity index (χ3n) is 4.26. The molecule has 1 aromatic heterocycles. The van der Waals surface area contributed by atoms with Gasteiger partial charge in [0.1, 0.15) is 0 Å². The molecule has 2 aromatic carbocycles. The van der Waals surface area contributed by atoms with Crippen LogP contribution in [0.2, 0.25) is 0 Å². The number of imidazole rings is 1. The smallest absolute Gasteiger partial charge is 0.201 e. The second-order valence-electron chi connectivity index (χ2n) is 5.60. The van der Waals surface area contributed by atoms with E-state index in [1.807, 2.05) is 12.1 Å². The average molecular weight is 263 g/mol. The lowest BCUT2D eigenvalue weighted by atomic mass is 10.1. The minimum Gasteiger partial charge on any atom is -0.369 e. The Kier molecular flexibility index (Phi) is 2.36. The number of anilines is 1. The number of hydrogen-bond acceptors (Lipinski definition) is 2. The molecule has 2 unspecified atom stereocenters. The van der Waals surface area contributed by atoms with Crippen molar-refractivity contribution in [3.63, 3.8) is 0 Å². The van der Waals surface area contributed by atoms with Gasteiger partial charge in [-0.05, 0) is 30.5 Å². The van der Waals surface area contributed by atoms with E-state index in [1.54, 1.807) is 0 Å². The number of aryl methyl sites for hydroxylation is 1. The van der Waals surface area contributed by atoms with Crippen LogP contribution in [0.1, 0.15) is 29.5 Å². The van der Waals surface area contributed by atoms with Crippen LogP contribution >= 0.6 is 0 Å². The van der Waals surface area contributed by atoms with Gasteiger partial charge in [-0.1, -0.05) is 42.5 Å². The number of nitrogens with two attached hydrogens (primary N) is 1. The van der Waals surface area contributed by atoms with Crippen LogP contribution in [0.25, 0.3) is 11.0 Å². The lowest BCUT2D eigenvalue weighted by Gasteiger charge is -2.08. The summed E-state index contributed by atoms with van der Waals surface area (Å²) in [5, 5.41) is 0. The maximum absolute atomic E-state index is 6.16. The number of fused-ring (bicyclic) bond motifs is 1. The summed E-state index contributed by atoms with van der Waals surface area (Å²) >= 11 is 0. The molecule has 1 saturated carbocycles. The first-order valence-corrected chi connectivity index (χ1v) is 7.03. The Balaban J connectivity index is 1.80. The van der Waals surface area contributed by atoms with E-state index >= 15 is 0 Å². The Morgan fingerprint density at radius 3 is 2.70 bits per heavy atom. The van der Waals surface area contributed by atoms with Crippen molar-refractivity contribution in [2.75, 3.05) is 5.73 Å². The molecule has 20 heavy (non-hydrogen) atoms. The van der Waals surface area contributed by atoms with Gasteiger partial charge in [0.15, 0.2) is 0 Å². The molecule has 0 radical (unpaired) electrons. The molecule has 0 spiro atoms. The topological polar surface area (TPSA) is 43.8 Å². The molecule has 0 amide bonds. The Labute approximate surface area is 118 Å². The maximum Gasteiger partial charge on any atom is 0.201 e. The van der Waals surface area contributed by atoms with E-state index in [0.717, 1.165) is 11.9 Å². The van der Waals surface area contributed by atoms with E-state index in [4.69, 9.17) is 5.73 Å². The zero-order valence-electron chi connectivity index (χ0n) is 11.5. The third kappa shape index (κ3) is 1.63. The largest absolute Gasteiger partial charge is 0.369 e. The SMILES string of the molecule is Cc1cccc2nc(N)n(C3CC3c3ccccc3)c12. The summed E-state index contributed by atoms with van der Waals surface area (Å²) in [7, 11) is 0. The molecule has 1 heterocycles. The molecular formula is C17H17N3. The van der Waals surface area contributed by atoms with E-state index in [1.165, 1.54) is 16.6 Å². The molecule has 2 atom stereocenters. The average Bonchev–Trinajstić information content (AvgIpc) is 3.16. The molecule has 100 valence electrons. The minimum atomic E-state index is 0.448. The number of benzene rings is 2. The van der Waals surface area contributed by atoms with Crippen LogP contribution in [0.4, 0.5) is 5.95 Å². The quantitative estimate of drug-likeness (QED) is 0.767. The van der Waals surface area contributed by atoms with Crippen molar-refractivity contribution in [1.29, 1.82) is 0 Å². The zero-order chi connectivity index (χ0) is 13.7. The molecule has 3 aromatic rings. The van der Waals surface area contributed by atoms with Gasteiger partial charge in [-0.15, -0.1) is 0 Å². The summed E-state index contributed by atoms with van der Waals surface area (Å²) in [5.41, 5.74) is 11.0. The highest BCUT2D eigenvalue weighted by atomic mass is 15.2. The highest BCUT2D eigenvalue weighted by Gasteiger charge is 2.41. The molecule has 1 fully saturated rings. The standard InChI is InChI=1S/C17H17N3/c1-11-6-5-9-14-16(11)20(17(18)19-14)15-10-13(15)12-7-3-2-4-8-12/h2-9,13,15H,10H2,1H3,(H2,18,19). The predicted molar refractivity (Wildman–Crippen MR) is 81.7 cm³/mol. The number of hydrogen-bond donors (Lipinski definition) is 1. The van der Waals surface area contributed by atoms with E-state index in [9.17, 15) is 0 Å². The van der Waals surface area contributed by atoms with Crippen molar-refractivity contribution in [3.8, 4) is 0 Å². The molecule has 0 saturated heterocycles. The molecule has 3 heteroatoms. The van der Waals surface area contributed by atoms with Crippen molar-refractivity contribution in [2.45, 2.75) is 25.3 Å². The van der Waals surface area contributed by atoms with Gasteiger partial charge in [-0.3, -0.25) is 0 Å². The number of nitrogen functional groups attached to an aromatic ring is 1. The molecule has 0 aliphatic heterocycles. The number of rotatable bonds is 2. The van der Waals surface area contributed by atoms with Gasteiger partial charge in [0, 0.05) is 12.0 Å². The summed E-state index contributed by atoms with van der Waals surface area (Å²) in [5.74, 6) is 1.20. The third-order valence-corrected chi connectivity index (χ3v) is 4.26. The van der Waals surface area contributed by atoms with E-state index < -0.39 is 0 Å².